The van der Waals surface area contributed by atoms with Crippen LogP contribution in [0, 0.1) is 17.2 Å². The van der Waals surface area contributed by atoms with Gasteiger partial charge in [0, 0.05) is 0 Å². The Morgan fingerprint density at radius 3 is 2.34 bits per heavy atom. The molecule has 0 saturated heterocycles. The third kappa shape index (κ3) is 5.80. The number of aryl methyl sites for hydroxylation is 2. The third-order valence-electron chi connectivity index (χ3n) is 6.80. The summed E-state index contributed by atoms with van der Waals surface area (Å²) in [6.45, 7) is 6.59. The average molecular weight is 432 g/mol. The summed E-state index contributed by atoms with van der Waals surface area (Å²) in [6.07, 6.45) is 10.2. The topological polar surface area (TPSA) is 50.1 Å². The van der Waals surface area contributed by atoms with Crippen molar-refractivity contribution in [2.45, 2.75) is 90.4 Å². The molecule has 2 aromatic rings. The SMILES string of the molecule is CCCCc1ccc(C2(C(=O)Oc3ccc(CCC(C)C)cc3C#N)CCCCC2)cc1. The van der Waals surface area contributed by atoms with Gasteiger partial charge in [0.25, 0.3) is 0 Å². The minimum absolute atomic E-state index is 0.218. The maximum atomic E-state index is 13.6. The van der Waals surface area contributed by atoms with Crippen LogP contribution >= 0.6 is 0 Å². The van der Waals surface area contributed by atoms with Gasteiger partial charge in [0.1, 0.15) is 11.8 Å². The summed E-state index contributed by atoms with van der Waals surface area (Å²) in [5.41, 5.74) is 3.31. The molecular weight excluding hydrogens is 394 g/mol. The van der Waals surface area contributed by atoms with Crippen molar-refractivity contribution in [3.05, 3.63) is 64.7 Å². The van der Waals surface area contributed by atoms with Gasteiger partial charge in [-0.3, -0.25) is 4.79 Å². The van der Waals surface area contributed by atoms with Crippen LogP contribution in [0.1, 0.15) is 94.4 Å². The Bertz CT molecular complexity index is 931. The molecule has 3 nitrogen and oxygen atoms in total. The first-order valence-corrected chi connectivity index (χ1v) is 12.3. The van der Waals surface area contributed by atoms with E-state index in [0.29, 0.717) is 17.2 Å². The van der Waals surface area contributed by atoms with Crippen molar-refractivity contribution < 1.29 is 9.53 Å². The predicted octanol–water partition coefficient (Wildman–Crippen LogP) is 7.30. The van der Waals surface area contributed by atoms with Crippen molar-refractivity contribution in [1.82, 2.24) is 0 Å². The number of carbonyl (C=O) groups excluding carboxylic acids is 1. The third-order valence-corrected chi connectivity index (χ3v) is 6.80. The summed E-state index contributed by atoms with van der Waals surface area (Å²) in [5, 5.41) is 9.68. The molecule has 0 aromatic heterocycles. The molecule has 3 rings (SSSR count). The van der Waals surface area contributed by atoms with Gasteiger partial charge in [0.05, 0.1) is 11.0 Å². The summed E-state index contributed by atoms with van der Waals surface area (Å²) >= 11 is 0. The van der Waals surface area contributed by atoms with Gasteiger partial charge >= 0.3 is 5.97 Å². The van der Waals surface area contributed by atoms with Crippen LogP contribution in [0.25, 0.3) is 0 Å². The van der Waals surface area contributed by atoms with Gasteiger partial charge in [-0.1, -0.05) is 76.8 Å². The zero-order valence-corrected chi connectivity index (χ0v) is 20.0. The van der Waals surface area contributed by atoms with Gasteiger partial charge in [0.15, 0.2) is 0 Å². The molecule has 0 heterocycles. The number of nitriles is 1. The highest BCUT2D eigenvalue weighted by molar-refractivity contribution is 5.85. The molecular formula is C29H37NO2. The van der Waals surface area contributed by atoms with Crippen molar-refractivity contribution in [3.8, 4) is 11.8 Å². The van der Waals surface area contributed by atoms with E-state index < -0.39 is 5.41 Å². The van der Waals surface area contributed by atoms with Gasteiger partial charge in [-0.05, 0) is 73.3 Å². The van der Waals surface area contributed by atoms with Gasteiger partial charge < -0.3 is 4.74 Å². The van der Waals surface area contributed by atoms with Crippen molar-refractivity contribution in [2.75, 3.05) is 0 Å². The van der Waals surface area contributed by atoms with Crippen LogP contribution in [-0.2, 0) is 23.1 Å². The average Bonchev–Trinajstić information content (AvgIpc) is 2.82. The van der Waals surface area contributed by atoms with Crippen LogP contribution < -0.4 is 4.74 Å². The largest absolute Gasteiger partial charge is 0.424 e. The number of rotatable bonds is 9. The lowest BCUT2D eigenvalue weighted by molar-refractivity contribution is -0.142. The minimum Gasteiger partial charge on any atom is -0.424 e. The van der Waals surface area contributed by atoms with Gasteiger partial charge in [-0.15, -0.1) is 0 Å². The number of esters is 1. The molecule has 0 atom stereocenters. The Morgan fingerprint density at radius 1 is 1.03 bits per heavy atom. The fraction of sp³-hybridized carbons (Fsp3) is 0.517. The molecule has 0 amide bonds. The molecule has 1 aliphatic rings. The Kier molecular flexibility index (Phi) is 8.51. The molecule has 0 radical (unpaired) electrons. The smallest absolute Gasteiger partial charge is 0.321 e. The van der Waals surface area contributed by atoms with E-state index in [1.54, 1.807) is 6.07 Å². The fourth-order valence-electron chi connectivity index (χ4n) is 4.70. The molecule has 1 saturated carbocycles. The minimum atomic E-state index is -0.620. The summed E-state index contributed by atoms with van der Waals surface area (Å²) in [4.78, 5) is 13.6. The monoisotopic (exact) mass is 431 g/mol. The van der Waals surface area contributed by atoms with Crippen molar-refractivity contribution >= 4 is 5.97 Å². The highest BCUT2D eigenvalue weighted by atomic mass is 16.5. The zero-order chi connectivity index (χ0) is 23.0. The summed E-state index contributed by atoms with van der Waals surface area (Å²) in [6, 6.07) is 16.5. The van der Waals surface area contributed by atoms with E-state index in [0.717, 1.165) is 62.5 Å². The zero-order valence-electron chi connectivity index (χ0n) is 20.0. The van der Waals surface area contributed by atoms with Gasteiger partial charge in [-0.2, -0.15) is 5.26 Å². The first-order valence-electron chi connectivity index (χ1n) is 12.3. The maximum absolute atomic E-state index is 13.6. The van der Waals surface area contributed by atoms with Crippen LogP contribution in [0.15, 0.2) is 42.5 Å². The summed E-state index contributed by atoms with van der Waals surface area (Å²) in [7, 11) is 0. The summed E-state index contributed by atoms with van der Waals surface area (Å²) < 4.78 is 5.95. The second-order valence-electron chi connectivity index (χ2n) is 9.71. The Hall–Kier alpha value is -2.60. The molecule has 0 spiro atoms. The molecule has 3 heteroatoms. The molecule has 32 heavy (non-hydrogen) atoms. The van der Waals surface area contributed by atoms with E-state index in [4.69, 9.17) is 4.74 Å². The van der Waals surface area contributed by atoms with E-state index in [9.17, 15) is 10.1 Å². The van der Waals surface area contributed by atoms with Crippen LogP contribution in [0.5, 0.6) is 5.75 Å². The summed E-state index contributed by atoms with van der Waals surface area (Å²) in [5.74, 6) is 0.776. The quantitative estimate of drug-likeness (QED) is 0.309. The number of carbonyl (C=O) groups is 1. The van der Waals surface area contributed by atoms with Crippen LogP contribution in [0.2, 0.25) is 0 Å². The number of hydrogen-bond donors (Lipinski definition) is 0. The molecule has 1 fully saturated rings. The van der Waals surface area contributed by atoms with E-state index in [-0.39, 0.29) is 5.97 Å². The lowest BCUT2D eigenvalue weighted by Gasteiger charge is -2.35. The number of ether oxygens (including phenoxy) is 1. The van der Waals surface area contributed by atoms with Crippen LogP contribution in [0.4, 0.5) is 0 Å². The highest BCUT2D eigenvalue weighted by Crippen LogP contribution is 2.41. The molecule has 2 aromatic carbocycles. The standard InChI is InChI=1S/C29H37NO2/c1-4-5-9-23-12-15-26(16-13-23)29(18-7-6-8-19-29)28(31)32-27-17-14-24(11-10-22(2)3)20-25(27)21-30/h12-17,20,22H,4-11,18-19H2,1-3H3. The molecule has 0 bridgehead atoms. The number of nitrogens with zero attached hydrogens (tertiary/aromatic N) is 1. The lowest BCUT2D eigenvalue weighted by Crippen LogP contribution is -2.41. The Labute approximate surface area is 193 Å². The Balaban J connectivity index is 1.83. The molecule has 0 aliphatic heterocycles. The first kappa shape index (κ1) is 24.1. The maximum Gasteiger partial charge on any atom is 0.321 e. The Morgan fingerprint density at radius 2 is 1.72 bits per heavy atom. The van der Waals surface area contributed by atoms with Crippen LogP contribution in [-0.4, -0.2) is 5.97 Å². The molecule has 0 unspecified atom stereocenters. The highest BCUT2D eigenvalue weighted by Gasteiger charge is 2.43. The van der Waals surface area contributed by atoms with Crippen molar-refractivity contribution in [3.63, 3.8) is 0 Å². The van der Waals surface area contributed by atoms with Gasteiger partial charge in [0.2, 0.25) is 0 Å². The van der Waals surface area contributed by atoms with Crippen LogP contribution in [0.3, 0.4) is 0 Å². The molecule has 0 N–H and O–H groups in total. The van der Waals surface area contributed by atoms with Gasteiger partial charge in [-0.25, -0.2) is 0 Å². The predicted molar refractivity (Wildman–Crippen MR) is 130 cm³/mol. The van der Waals surface area contributed by atoms with E-state index >= 15 is 0 Å². The van der Waals surface area contributed by atoms with E-state index in [2.05, 4.69) is 51.1 Å². The van der Waals surface area contributed by atoms with E-state index in [1.807, 2.05) is 12.1 Å². The van der Waals surface area contributed by atoms with Crippen molar-refractivity contribution in [1.29, 1.82) is 5.26 Å². The lowest BCUT2D eigenvalue weighted by atomic mass is 9.69. The molecule has 1 aliphatic carbocycles. The fourth-order valence-corrected chi connectivity index (χ4v) is 4.70. The molecule has 170 valence electrons. The number of unbranched alkanes of at least 4 members (excludes halogenated alkanes) is 1. The second kappa shape index (κ2) is 11.3. The number of benzene rings is 2. The number of hydrogen-bond acceptors (Lipinski definition) is 3. The van der Waals surface area contributed by atoms with Crippen molar-refractivity contribution in [2.24, 2.45) is 5.92 Å². The van der Waals surface area contributed by atoms with E-state index in [1.165, 1.54) is 18.4 Å². The first-order chi connectivity index (χ1) is 15.5. The normalized spacial score (nSPS) is 15.3. The second-order valence-corrected chi connectivity index (χ2v) is 9.71.